The smallest absolute Gasteiger partial charge is 0.155 e. The fraction of sp³-hybridized carbons (Fsp3) is 0.438. The Bertz CT molecular complexity index is 608. The van der Waals surface area contributed by atoms with Gasteiger partial charge in [0.15, 0.2) is 5.78 Å². The van der Waals surface area contributed by atoms with Crippen LogP contribution < -0.4 is 4.74 Å². The van der Waals surface area contributed by atoms with Gasteiger partial charge in [0.05, 0.1) is 12.6 Å². The summed E-state index contributed by atoms with van der Waals surface area (Å²) >= 11 is 0. The molecule has 3 heteroatoms. The van der Waals surface area contributed by atoms with Crippen LogP contribution in [-0.4, -0.2) is 16.5 Å². The number of Topliss-reactive ketones (excluding diaryl/α,β-unsaturated/α-hetero) is 1. The first-order valence-corrected chi connectivity index (χ1v) is 6.92. The van der Waals surface area contributed by atoms with Crippen molar-refractivity contribution in [2.45, 2.75) is 39.3 Å². The standard InChI is InChI=1S/C16H19NO2/c1-11(2)19-14-5-6-15-13(9-14)7-8-17(15)10-16(18)12-3-4-12/h5-9,11-12H,3-4,10H2,1-2H3. The Morgan fingerprint density at radius 2 is 2.16 bits per heavy atom. The number of nitrogens with zero attached hydrogens (tertiary/aromatic N) is 1. The highest BCUT2D eigenvalue weighted by Gasteiger charge is 2.29. The largest absolute Gasteiger partial charge is 0.491 e. The summed E-state index contributed by atoms with van der Waals surface area (Å²) in [5, 5.41) is 1.13. The van der Waals surface area contributed by atoms with Crippen LogP contribution in [0.15, 0.2) is 30.5 Å². The fourth-order valence-electron chi connectivity index (χ4n) is 2.36. The van der Waals surface area contributed by atoms with Crippen molar-refractivity contribution in [3.8, 4) is 5.75 Å². The maximum atomic E-state index is 11.9. The molecule has 0 bridgehead atoms. The Balaban J connectivity index is 1.84. The maximum absolute atomic E-state index is 11.9. The number of carbonyl (C=O) groups excluding carboxylic acids is 1. The van der Waals surface area contributed by atoms with Gasteiger partial charge in [-0.2, -0.15) is 0 Å². The van der Waals surface area contributed by atoms with Gasteiger partial charge in [-0.05, 0) is 51.0 Å². The Labute approximate surface area is 113 Å². The monoisotopic (exact) mass is 257 g/mol. The molecule has 0 spiro atoms. The third-order valence-electron chi connectivity index (χ3n) is 3.47. The first kappa shape index (κ1) is 12.3. The molecule has 0 N–H and O–H groups in total. The van der Waals surface area contributed by atoms with E-state index in [2.05, 4.69) is 0 Å². The second-order valence-electron chi connectivity index (χ2n) is 5.57. The van der Waals surface area contributed by atoms with Crippen molar-refractivity contribution in [2.24, 2.45) is 5.92 Å². The summed E-state index contributed by atoms with van der Waals surface area (Å²) in [6, 6.07) is 8.09. The van der Waals surface area contributed by atoms with E-state index in [1.54, 1.807) is 0 Å². The zero-order chi connectivity index (χ0) is 13.4. The van der Waals surface area contributed by atoms with E-state index in [9.17, 15) is 4.79 Å². The predicted octanol–water partition coefficient (Wildman–Crippen LogP) is 3.41. The molecule has 1 fully saturated rings. The van der Waals surface area contributed by atoms with E-state index >= 15 is 0 Å². The summed E-state index contributed by atoms with van der Waals surface area (Å²) in [4.78, 5) is 11.9. The lowest BCUT2D eigenvalue weighted by Crippen LogP contribution is -2.10. The molecule has 0 saturated heterocycles. The summed E-state index contributed by atoms with van der Waals surface area (Å²) in [6.45, 7) is 4.53. The average molecular weight is 257 g/mol. The summed E-state index contributed by atoms with van der Waals surface area (Å²) in [7, 11) is 0. The summed E-state index contributed by atoms with van der Waals surface area (Å²) in [6.07, 6.45) is 4.31. The lowest BCUT2D eigenvalue weighted by molar-refractivity contribution is -0.120. The van der Waals surface area contributed by atoms with Crippen molar-refractivity contribution >= 4 is 16.7 Å². The Hall–Kier alpha value is -1.77. The minimum atomic E-state index is 0.177. The fourth-order valence-corrected chi connectivity index (χ4v) is 2.36. The molecular formula is C16H19NO2. The van der Waals surface area contributed by atoms with Crippen LogP contribution in [0.25, 0.3) is 10.9 Å². The predicted molar refractivity (Wildman–Crippen MR) is 75.4 cm³/mol. The van der Waals surface area contributed by atoms with Crippen molar-refractivity contribution in [1.29, 1.82) is 0 Å². The number of rotatable bonds is 5. The molecule has 3 nitrogen and oxygen atoms in total. The first-order valence-electron chi connectivity index (χ1n) is 6.92. The molecule has 0 amide bonds. The zero-order valence-corrected chi connectivity index (χ0v) is 11.4. The van der Waals surface area contributed by atoms with Gasteiger partial charge in [0, 0.05) is 23.0 Å². The van der Waals surface area contributed by atoms with Crippen molar-refractivity contribution in [1.82, 2.24) is 4.57 Å². The number of ether oxygens (including phenoxy) is 1. The minimum absolute atomic E-state index is 0.177. The van der Waals surface area contributed by atoms with Crippen molar-refractivity contribution in [2.75, 3.05) is 0 Å². The van der Waals surface area contributed by atoms with Gasteiger partial charge in [-0.25, -0.2) is 0 Å². The highest BCUT2D eigenvalue weighted by molar-refractivity contribution is 5.87. The molecule has 2 aromatic rings. The molecule has 1 heterocycles. The zero-order valence-electron chi connectivity index (χ0n) is 11.4. The quantitative estimate of drug-likeness (QED) is 0.822. The molecule has 1 aliphatic rings. The highest BCUT2D eigenvalue weighted by atomic mass is 16.5. The van der Waals surface area contributed by atoms with E-state index in [4.69, 9.17) is 4.74 Å². The van der Waals surface area contributed by atoms with E-state index in [-0.39, 0.29) is 6.10 Å². The van der Waals surface area contributed by atoms with Crippen LogP contribution in [0.4, 0.5) is 0 Å². The summed E-state index contributed by atoms with van der Waals surface area (Å²) in [5.74, 6) is 1.56. The Morgan fingerprint density at radius 1 is 1.37 bits per heavy atom. The molecule has 0 unspecified atom stereocenters. The molecule has 1 aliphatic carbocycles. The molecule has 19 heavy (non-hydrogen) atoms. The van der Waals surface area contributed by atoms with Gasteiger partial charge in [0.2, 0.25) is 0 Å². The molecule has 1 saturated carbocycles. The molecule has 0 aliphatic heterocycles. The highest BCUT2D eigenvalue weighted by Crippen LogP contribution is 2.31. The lowest BCUT2D eigenvalue weighted by atomic mass is 10.2. The van der Waals surface area contributed by atoms with Gasteiger partial charge in [0.1, 0.15) is 5.75 Å². The van der Waals surface area contributed by atoms with Gasteiger partial charge >= 0.3 is 0 Å². The van der Waals surface area contributed by atoms with Gasteiger partial charge < -0.3 is 9.30 Å². The topological polar surface area (TPSA) is 31.2 Å². The van der Waals surface area contributed by atoms with Crippen molar-refractivity contribution in [3.63, 3.8) is 0 Å². The van der Waals surface area contributed by atoms with Crippen molar-refractivity contribution in [3.05, 3.63) is 30.5 Å². The van der Waals surface area contributed by atoms with Gasteiger partial charge in [-0.15, -0.1) is 0 Å². The van der Waals surface area contributed by atoms with Crippen LogP contribution in [0, 0.1) is 5.92 Å². The van der Waals surface area contributed by atoms with Gasteiger partial charge in [-0.1, -0.05) is 0 Å². The van der Waals surface area contributed by atoms with E-state index in [0.717, 1.165) is 29.5 Å². The number of ketones is 1. The van der Waals surface area contributed by atoms with Gasteiger partial charge in [-0.3, -0.25) is 4.79 Å². The second-order valence-corrected chi connectivity index (χ2v) is 5.57. The third-order valence-corrected chi connectivity index (χ3v) is 3.47. The van der Waals surface area contributed by atoms with E-state index in [1.165, 1.54) is 0 Å². The second kappa shape index (κ2) is 4.72. The SMILES string of the molecule is CC(C)Oc1ccc2c(ccn2CC(=O)C2CC2)c1. The number of carbonyl (C=O) groups is 1. The molecule has 0 radical (unpaired) electrons. The average Bonchev–Trinajstić information content (AvgIpc) is 3.13. The van der Waals surface area contributed by atoms with Crippen LogP contribution in [0.1, 0.15) is 26.7 Å². The Kier molecular flexibility index (Phi) is 3.05. The van der Waals surface area contributed by atoms with Crippen molar-refractivity contribution < 1.29 is 9.53 Å². The normalized spacial score (nSPS) is 15.1. The van der Waals surface area contributed by atoms with Crippen LogP contribution in [0.5, 0.6) is 5.75 Å². The third kappa shape index (κ3) is 2.65. The molecule has 0 atom stereocenters. The van der Waals surface area contributed by atoms with E-state index in [0.29, 0.717) is 18.2 Å². The van der Waals surface area contributed by atoms with E-state index < -0.39 is 0 Å². The number of hydrogen-bond acceptors (Lipinski definition) is 2. The molecule has 100 valence electrons. The van der Waals surface area contributed by atoms with Crippen LogP contribution in [0.2, 0.25) is 0 Å². The lowest BCUT2D eigenvalue weighted by Gasteiger charge is -2.10. The molecule has 1 aromatic carbocycles. The Morgan fingerprint density at radius 3 is 2.84 bits per heavy atom. The summed E-state index contributed by atoms with van der Waals surface area (Å²) in [5.41, 5.74) is 1.10. The minimum Gasteiger partial charge on any atom is -0.491 e. The molecule has 3 rings (SSSR count). The molecule has 1 aromatic heterocycles. The number of hydrogen-bond donors (Lipinski definition) is 0. The number of aromatic nitrogens is 1. The van der Waals surface area contributed by atoms with E-state index in [1.807, 2.05) is 48.9 Å². The number of benzene rings is 1. The van der Waals surface area contributed by atoms with Gasteiger partial charge in [0.25, 0.3) is 0 Å². The number of fused-ring (bicyclic) bond motifs is 1. The van der Waals surface area contributed by atoms with Crippen LogP contribution in [0.3, 0.4) is 0 Å². The first-order chi connectivity index (χ1) is 9.13. The maximum Gasteiger partial charge on any atom is 0.155 e. The summed E-state index contributed by atoms with van der Waals surface area (Å²) < 4.78 is 7.72. The van der Waals surface area contributed by atoms with Crippen LogP contribution >= 0.6 is 0 Å². The van der Waals surface area contributed by atoms with Crippen LogP contribution in [-0.2, 0) is 11.3 Å². The molecular weight excluding hydrogens is 238 g/mol.